The fraction of sp³-hybridized carbons (Fsp3) is 0.850. The molecule has 0 bridgehead atoms. The lowest BCUT2D eigenvalue weighted by Gasteiger charge is -2.18. The third-order valence-corrected chi connectivity index (χ3v) is 4.85. The number of hydrogen-bond donors (Lipinski definition) is 2. The number of carbonyl (C=O) groups is 1. The molecule has 4 unspecified atom stereocenters. The van der Waals surface area contributed by atoms with Gasteiger partial charge in [0, 0.05) is 0 Å². The molecule has 0 amide bonds. The number of hydrogen-bond acceptors (Lipinski definition) is 3. The monoisotopic (exact) mass is 340 g/mol. The van der Waals surface area contributed by atoms with Gasteiger partial charge in [0.2, 0.25) is 0 Å². The highest BCUT2D eigenvalue weighted by atomic mass is 16.6. The van der Waals surface area contributed by atoms with E-state index in [1.54, 1.807) is 6.92 Å². The Bertz CT molecular complexity index is 389. The lowest BCUT2D eigenvalue weighted by molar-refractivity contribution is -0.141. The molecule has 0 aromatic carbocycles. The van der Waals surface area contributed by atoms with Crippen LogP contribution in [0.3, 0.4) is 0 Å². The van der Waals surface area contributed by atoms with E-state index in [1.165, 1.54) is 19.3 Å². The molecule has 1 heterocycles. The van der Waals surface area contributed by atoms with Gasteiger partial charge in [0.15, 0.2) is 0 Å². The van der Waals surface area contributed by atoms with Crippen molar-refractivity contribution in [1.82, 2.24) is 0 Å². The van der Waals surface area contributed by atoms with Crippen molar-refractivity contribution < 1.29 is 19.7 Å². The van der Waals surface area contributed by atoms with Gasteiger partial charge in [-0.2, -0.15) is 0 Å². The van der Waals surface area contributed by atoms with Crippen LogP contribution in [0.4, 0.5) is 0 Å². The van der Waals surface area contributed by atoms with Crippen LogP contribution in [0.2, 0.25) is 0 Å². The fourth-order valence-corrected chi connectivity index (χ4v) is 2.95. The number of aliphatic carboxylic acids is 1. The minimum absolute atomic E-state index is 0.200. The van der Waals surface area contributed by atoms with E-state index in [1.807, 2.05) is 19.1 Å². The van der Waals surface area contributed by atoms with E-state index in [9.17, 15) is 9.90 Å². The van der Waals surface area contributed by atoms with E-state index >= 15 is 0 Å². The second-order valence-electron chi connectivity index (χ2n) is 7.54. The summed E-state index contributed by atoms with van der Waals surface area (Å²) in [6.45, 7) is 5.81. The van der Waals surface area contributed by atoms with Crippen LogP contribution >= 0.6 is 0 Å². The molecule has 24 heavy (non-hydrogen) atoms. The molecule has 140 valence electrons. The smallest absolute Gasteiger partial charge is 0.306 e. The number of carboxylic acid groups (broad SMARTS) is 1. The van der Waals surface area contributed by atoms with Gasteiger partial charge in [-0.25, -0.2) is 0 Å². The van der Waals surface area contributed by atoms with Crippen molar-refractivity contribution in [3.8, 4) is 0 Å². The first-order valence-electron chi connectivity index (χ1n) is 9.65. The Labute approximate surface area is 147 Å². The largest absolute Gasteiger partial charge is 0.481 e. The number of unbranched alkanes of at least 4 members (excludes halogenated alkanes) is 5. The predicted molar refractivity (Wildman–Crippen MR) is 97.1 cm³/mol. The summed E-state index contributed by atoms with van der Waals surface area (Å²) in [5, 5.41) is 19.2. The molecule has 4 atom stereocenters. The van der Waals surface area contributed by atoms with Crippen LogP contribution < -0.4 is 0 Å². The van der Waals surface area contributed by atoms with Crippen LogP contribution in [0.1, 0.15) is 85.0 Å². The minimum atomic E-state index is -0.770. The van der Waals surface area contributed by atoms with Crippen LogP contribution in [0.15, 0.2) is 12.2 Å². The maximum atomic E-state index is 10.7. The van der Waals surface area contributed by atoms with Gasteiger partial charge in [-0.15, -0.1) is 0 Å². The molecule has 4 heteroatoms. The van der Waals surface area contributed by atoms with Gasteiger partial charge in [-0.05, 0) is 26.2 Å². The summed E-state index contributed by atoms with van der Waals surface area (Å²) in [4.78, 5) is 10.7. The molecule has 1 fully saturated rings. The number of ether oxygens (including phenoxy) is 1. The van der Waals surface area contributed by atoms with Gasteiger partial charge in [0.05, 0.1) is 17.6 Å². The summed E-state index contributed by atoms with van der Waals surface area (Å²) >= 11 is 0. The molecule has 0 aromatic heterocycles. The maximum absolute atomic E-state index is 10.7. The molecule has 1 aliphatic rings. The first-order valence-corrected chi connectivity index (χ1v) is 9.65. The van der Waals surface area contributed by atoms with Gasteiger partial charge in [0.1, 0.15) is 6.10 Å². The average Bonchev–Trinajstić information content (AvgIpc) is 3.27. The Balaban J connectivity index is 2.07. The van der Waals surface area contributed by atoms with Gasteiger partial charge in [-0.3, -0.25) is 4.79 Å². The van der Waals surface area contributed by atoms with Crippen molar-refractivity contribution >= 4 is 5.97 Å². The Morgan fingerprint density at radius 3 is 2.58 bits per heavy atom. The Morgan fingerprint density at radius 1 is 1.21 bits per heavy atom. The summed E-state index contributed by atoms with van der Waals surface area (Å²) in [6.07, 6.45) is 14.8. The van der Waals surface area contributed by atoms with Crippen LogP contribution in [-0.4, -0.2) is 34.0 Å². The highest BCUT2D eigenvalue weighted by Gasteiger charge is 2.36. The highest BCUT2D eigenvalue weighted by Crippen LogP contribution is 2.29. The van der Waals surface area contributed by atoms with E-state index < -0.39 is 11.6 Å². The average molecular weight is 341 g/mol. The van der Waals surface area contributed by atoms with E-state index in [0.29, 0.717) is 6.10 Å². The third kappa shape index (κ3) is 9.43. The van der Waals surface area contributed by atoms with Crippen LogP contribution in [0, 0.1) is 5.92 Å². The number of epoxide rings is 1. The first kappa shape index (κ1) is 21.2. The standard InChI is InChI=1S/C20H36O4/c1-4-5-8-12-17-18(24-17)13-15-20(3,23)14-10-7-6-9-11-16(2)19(21)22/h13,15-18,23H,4-12,14H2,1-3H3,(H,21,22)/b15-13+. The Hall–Kier alpha value is -0.870. The van der Waals surface area contributed by atoms with Gasteiger partial charge in [0.25, 0.3) is 0 Å². The van der Waals surface area contributed by atoms with Crippen molar-refractivity contribution in [1.29, 1.82) is 0 Å². The summed E-state index contributed by atoms with van der Waals surface area (Å²) in [5.74, 6) is -0.960. The van der Waals surface area contributed by atoms with Crippen molar-refractivity contribution in [2.75, 3.05) is 0 Å². The SMILES string of the molecule is CCCCCC1OC1/C=C/C(C)(O)CCCCCCC(C)C(=O)O. The van der Waals surface area contributed by atoms with E-state index in [4.69, 9.17) is 9.84 Å². The summed E-state index contributed by atoms with van der Waals surface area (Å²) < 4.78 is 5.61. The number of aliphatic hydroxyl groups is 1. The van der Waals surface area contributed by atoms with Crippen LogP contribution in [0.5, 0.6) is 0 Å². The first-order chi connectivity index (χ1) is 11.4. The molecule has 0 aromatic rings. The van der Waals surface area contributed by atoms with Gasteiger partial charge < -0.3 is 14.9 Å². The van der Waals surface area contributed by atoms with Crippen molar-refractivity contribution in [2.24, 2.45) is 5.92 Å². The van der Waals surface area contributed by atoms with Crippen molar-refractivity contribution in [3.63, 3.8) is 0 Å². The normalized spacial score (nSPS) is 24.0. The van der Waals surface area contributed by atoms with E-state index in [-0.39, 0.29) is 12.0 Å². The molecule has 0 spiro atoms. The second kappa shape index (κ2) is 10.9. The second-order valence-corrected chi connectivity index (χ2v) is 7.54. The quantitative estimate of drug-likeness (QED) is 0.273. The zero-order valence-corrected chi connectivity index (χ0v) is 15.7. The molecule has 2 N–H and O–H groups in total. The Morgan fingerprint density at radius 2 is 1.92 bits per heavy atom. The highest BCUT2D eigenvalue weighted by molar-refractivity contribution is 5.69. The van der Waals surface area contributed by atoms with Crippen molar-refractivity contribution in [3.05, 3.63) is 12.2 Å². The number of carboxylic acids is 1. The maximum Gasteiger partial charge on any atom is 0.306 e. The van der Waals surface area contributed by atoms with Crippen LogP contribution in [0.25, 0.3) is 0 Å². The Kier molecular flexibility index (Phi) is 9.60. The molecule has 1 aliphatic heterocycles. The summed E-state index contributed by atoms with van der Waals surface area (Å²) in [5.41, 5.74) is -0.770. The van der Waals surface area contributed by atoms with Gasteiger partial charge >= 0.3 is 5.97 Å². The summed E-state index contributed by atoms with van der Waals surface area (Å²) in [7, 11) is 0. The lowest BCUT2D eigenvalue weighted by atomic mass is 9.95. The fourth-order valence-electron chi connectivity index (χ4n) is 2.95. The molecular weight excluding hydrogens is 304 g/mol. The zero-order chi connectivity index (χ0) is 18.0. The molecule has 0 radical (unpaired) electrons. The third-order valence-electron chi connectivity index (χ3n) is 4.85. The van der Waals surface area contributed by atoms with E-state index in [2.05, 4.69) is 6.92 Å². The minimum Gasteiger partial charge on any atom is -0.481 e. The van der Waals surface area contributed by atoms with Crippen LogP contribution in [-0.2, 0) is 9.53 Å². The predicted octanol–water partition coefficient (Wildman–Crippen LogP) is 4.70. The molecule has 0 aliphatic carbocycles. The summed E-state index contributed by atoms with van der Waals surface area (Å²) in [6, 6.07) is 0. The number of rotatable bonds is 14. The lowest BCUT2D eigenvalue weighted by Crippen LogP contribution is -2.20. The molecule has 1 rings (SSSR count). The van der Waals surface area contributed by atoms with Crippen molar-refractivity contribution in [2.45, 2.75) is 103 Å². The molecule has 1 saturated heterocycles. The molecule has 0 saturated carbocycles. The van der Waals surface area contributed by atoms with Gasteiger partial charge in [-0.1, -0.05) is 70.9 Å². The topological polar surface area (TPSA) is 70.1 Å². The molecule has 4 nitrogen and oxygen atoms in total. The van der Waals surface area contributed by atoms with E-state index in [0.717, 1.165) is 44.9 Å². The molecular formula is C20H36O4. The zero-order valence-electron chi connectivity index (χ0n) is 15.7.